The van der Waals surface area contributed by atoms with Crippen LogP contribution in [-0.2, 0) is 6.42 Å². The largest absolute Gasteiger partial charge is 0.352 e. The molecule has 3 aromatic rings. The highest BCUT2D eigenvalue weighted by atomic mass is 32.1. The van der Waals surface area contributed by atoms with Crippen molar-refractivity contribution >= 4 is 29.7 Å². The Balaban J connectivity index is 1.67. The third-order valence-electron chi connectivity index (χ3n) is 4.79. The predicted octanol–water partition coefficient (Wildman–Crippen LogP) is 4.19. The summed E-state index contributed by atoms with van der Waals surface area (Å²) in [6, 6.07) is 10.9. The Kier molecular flexibility index (Phi) is 6.96. The average Bonchev–Trinajstić information content (AvgIpc) is 3.10. The molecule has 0 unspecified atom stereocenters. The number of hydrogen-bond acceptors (Lipinski definition) is 4. The van der Waals surface area contributed by atoms with Gasteiger partial charge >= 0.3 is 0 Å². The van der Waals surface area contributed by atoms with Crippen LogP contribution in [0.15, 0.2) is 42.5 Å². The summed E-state index contributed by atoms with van der Waals surface area (Å²) in [6.45, 7) is 6.19. The maximum absolute atomic E-state index is 13.9. The van der Waals surface area contributed by atoms with Crippen LogP contribution in [0.5, 0.6) is 0 Å². The first-order chi connectivity index (χ1) is 14.8. The Morgan fingerprint density at radius 1 is 1.19 bits per heavy atom. The van der Waals surface area contributed by atoms with Crippen molar-refractivity contribution in [3.63, 3.8) is 0 Å². The minimum Gasteiger partial charge on any atom is -0.352 e. The molecule has 0 aliphatic heterocycles. The quantitative estimate of drug-likeness (QED) is 0.480. The molecular weight excluding hydrogens is 417 g/mol. The van der Waals surface area contributed by atoms with E-state index in [4.69, 9.17) is 12.2 Å². The summed E-state index contributed by atoms with van der Waals surface area (Å²) in [5.41, 5.74) is 1.53. The fourth-order valence-corrected chi connectivity index (χ4v) is 3.53. The fourth-order valence-electron chi connectivity index (χ4n) is 3.17. The zero-order valence-electron chi connectivity index (χ0n) is 17.5. The van der Waals surface area contributed by atoms with Crippen molar-refractivity contribution in [1.29, 1.82) is 0 Å². The summed E-state index contributed by atoms with van der Waals surface area (Å²) in [4.78, 5) is 25.0. The average molecular weight is 442 g/mol. The molecule has 31 heavy (non-hydrogen) atoms. The molecule has 0 spiro atoms. The van der Waals surface area contributed by atoms with E-state index in [2.05, 4.69) is 20.8 Å². The Morgan fingerprint density at radius 2 is 1.94 bits per heavy atom. The van der Waals surface area contributed by atoms with Gasteiger partial charge in [0.2, 0.25) is 0 Å². The molecule has 9 heteroatoms. The lowest BCUT2D eigenvalue weighted by Gasteiger charge is -2.12. The molecule has 0 radical (unpaired) electrons. The molecule has 1 aromatic heterocycles. The number of rotatable bonds is 7. The van der Waals surface area contributed by atoms with Gasteiger partial charge in [0.05, 0.1) is 5.56 Å². The molecule has 0 fully saturated rings. The van der Waals surface area contributed by atoms with Crippen molar-refractivity contribution < 1.29 is 14.0 Å². The smallest absolute Gasteiger partial charge is 0.258 e. The van der Waals surface area contributed by atoms with Gasteiger partial charge in [-0.1, -0.05) is 18.2 Å². The second-order valence-electron chi connectivity index (χ2n) is 7.38. The van der Waals surface area contributed by atoms with E-state index < -0.39 is 11.7 Å². The number of benzene rings is 2. The number of aromatic amines is 1. The first-order valence-electron chi connectivity index (χ1n) is 9.88. The van der Waals surface area contributed by atoms with Crippen molar-refractivity contribution in [2.24, 2.45) is 0 Å². The molecule has 0 saturated carbocycles. The van der Waals surface area contributed by atoms with Crippen LogP contribution in [0.2, 0.25) is 0 Å². The van der Waals surface area contributed by atoms with Crippen LogP contribution in [0.3, 0.4) is 0 Å². The van der Waals surface area contributed by atoms with E-state index >= 15 is 0 Å². The van der Waals surface area contributed by atoms with E-state index in [-0.39, 0.29) is 17.5 Å². The first kappa shape index (κ1) is 22.4. The number of carbonyl (C=O) groups is 2. The zero-order valence-corrected chi connectivity index (χ0v) is 18.3. The van der Waals surface area contributed by atoms with Crippen LogP contribution in [0.4, 0.5) is 10.1 Å². The van der Waals surface area contributed by atoms with Crippen molar-refractivity contribution in [1.82, 2.24) is 20.1 Å². The second-order valence-corrected chi connectivity index (χ2v) is 7.77. The molecule has 0 bridgehead atoms. The molecule has 3 N–H and O–H groups in total. The SMILES string of the molecule is Cc1ccc(C(=O)NCCc2n[nH]c(=S)n2C(C)C)cc1NC(=O)c1ccccc1F. The highest BCUT2D eigenvalue weighted by molar-refractivity contribution is 7.71. The molecule has 2 amide bonds. The lowest BCUT2D eigenvalue weighted by atomic mass is 10.1. The van der Waals surface area contributed by atoms with Crippen LogP contribution >= 0.6 is 12.2 Å². The van der Waals surface area contributed by atoms with E-state index in [1.54, 1.807) is 31.2 Å². The Morgan fingerprint density at radius 3 is 2.65 bits per heavy atom. The molecule has 162 valence electrons. The number of nitrogens with zero attached hydrogens (tertiary/aromatic N) is 2. The molecule has 1 heterocycles. The number of amides is 2. The van der Waals surface area contributed by atoms with E-state index in [1.807, 2.05) is 18.4 Å². The Labute approximate surface area is 184 Å². The minimum absolute atomic E-state index is 0.0599. The van der Waals surface area contributed by atoms with E-state index in [0.717, 1.165) is 11.4 Å². The van der Waals surface area contributed by atoms with Gasteiger partial charge in [0, 0.05) is 30.3 Å². The topological polar surface area (TPSA) is 91.8 Å². The number of aromatic nitrogens is 3. The number of halogens is 1. The standard InChI is InChI=1S/C22H24FN5O2S/c1-13(2)28-19(26-27-22(28)31)10-11-24-20(29)15-9-8-14(3)18(12-15)25-21(30)16-6-4-5-7-17(16)23/h4-9,12-13H,10-11H2,1-3H3,(H,24,29)(H,25,30)(H,27,31). The third kappa shape index (κ3) is 5.24. The number of aryl methyl sites for hydroxylation is 1. The summed E-state index contributed by atoms with van der Waals surface area (Å²) in [6.07, 6.45) is 0.514. The van der Waals surface area contributed by atoms with E-state index in [0.29, 0.717) is 29.0 Å². The van der Waals surface area contributed by atoms with Gasteiger partial charge in [-0.15, -0.1) is 0 Å². The van der Waals surface area contributed by atoms with E-state index in [1.165, 1.54) is 18.2 Å². The molecule has 0 aliphatic rings. The summed E-state index contributed by atoms with van der Waals surface area (Å²) in [7, 11) is 0. The highest BCUT2D eigenvalue weighted by Crippen LogP contribution is 2.19. The van der Waals surface area contributed by atoms with Crippen molar-refractivity contribution in [2.75, 3.05) is 11.9 Å². The first-order valence-corrected chi connectivity index (χ1v) is 10.3. The Hall–Kier alpha value is -3.33. The van der Waals surface area contributed by atoms with Gasteiger partial charge in [0.15, 0.2) is 4.77 Å². The lowest BCUT2D eigenvalue weighted by Crippen LogP contribution is -2.27. The van der Waals surface area contributed by atoms with Gasteiger partial charge in [0.1, 0.15) is 11.6 Å². The van der Waals surface area contributed by atoms with E-state index in [9.17, 15) is 14.0 Å². The van der Waals surface area contributed by atoms with Gasteiger partial charge in [-0.3, -0.25) is 14.7 Å². The maximum Gasteiger partial charge on any atom is 0.258 e. The van der Waals surface area contributed by atoms with Crippen LogP contribution < -0.4 is 10.6 Å². The number of hydrogen-bond donors (Lipinski definition) is 3. The molecule has 3 rings (SSSR count). The van der Waals surface area contributed by atoms with Gasteiger partial charge in [0.25, 0.3) is 11.8 Å². The monoisotopic (exact) mass is 441 g/mol. The van der Waals surface area contributed by atoms with Crippen LogP contribution in [-0.4, -0.2) is 33.1 Å². The van der Waals surface area contributed by atoms with Crippen LogP contribution in [0.25, 0.3) is 0 Å². The third-order valence-corrected chi connectivity index (χ3v) is 5.08. The highest BCUT2D eigenvalue weighted by Gasteiger charge is 2.15. The molecular formula is C22H24FN5O2S. The number of anilines is 1. The number of nitrogens with one attached hydrogen (secondary N) is 3. The maximum atomic E-state index is 13.9. The molecule has 0 aliphatic carbocycles. The van der Waals surface area contributed by atoms with Gasteiger partial charge in [-0.25, -0.2) is 4.39 Å². The van der Waals surface area contributed by atoms with Crippen LogP contribution in [0, 0.1) is 17.5 Å². The molecule has 0 atom stereocenters. The number of carbonyl (C=O) groups excluding carboxylic acids is 2. The fraction of sp³-hybridized carbons (Fsp3) is 0.273. The molecule has 2 aromatic carbocycles. The van der Waals surface area contributed by atoms with Crippen LogP contribution in [0.1, 0.15) is 52.0 Å². The normalized spacial score (nSPS) is 10.9. The van der Waals surface area contributed by atoms with Gasteiger partial charge in [-0.2, -0.15) is 5.10 Å². The molecule has 7 nitrogen and oxygen atoms in total. The summed E-state index contributed by atoms with van der Waals surface area (Å²) >= 11 is 5.23. The summed E-state index contributed by atoms with van der Waals surface area (Å²) < 4.78 is 16.3. The Bertz CT molecular complexity index is 1170. The van der Waals surface area contributed by atoms with Crippen molar-refractivity contribution in [3.05, 3.63) is 75.6 Å². The zero-order chi connectivity index (χ0) is 22.5. The number of H-pyrrole nitrogens is 1. The van der Waals surface area contributed by atoms with Gasteiger partial charge in [-0.05, 0) is 62.8 Å². The van der Waals surface area contributed by atoms with Gasteiger partial charge < -0.3 is 15.2 Å². The van der Waals surface area contributed by atoms with Crippen molar-refractivity contribution in [3.8, 4) is 0 Å². The minimum atomic E-state index is -0.606. The lowest BCUT2D eigenvalue weighted by molar-refractivity contribution is 0.0952. The second kappa shape index (κ2) is 9.65. The summed E-state index contributed by atoms with van der Waals surface area (Å²) in [5.74, 6) is -0.699. The van der Waals surface area contributed by atoms with Crippen molar-refractivity contribution in [2.45, 2.75) is 33.2 Å². The predicted molar refractivity (Wildman–Crippen MR) is 119 cm³/mol. The summed E-state index contributed by atoms with van der Waals surface area (Å²) in [5, 5.41) is 12.5. The molecule has 0 saturated heterocycles.